The summed E-state index contributed by atoms with van der Waals surface area (Å²) in [5, 5.41) is 17.3. The van der Waals surface area contributed by atoms with Gasteiger partial charge in [0.2, 0.25) is 0 Å². The molecule has 0 amide bonds. The van der Waals surface area contributed by atoms with E-state index in [4.69, 9.17) is 16.6 Å². The molecule has 1 aliphatic carbocycles. The summed E-state index contributed by atoms with van der Waals surface area (Å²) >= 11 is 6.00. The zero-order chi connectivity index (χ0) is 18.2. The Morgan fingerprint density at radius 3 is 2.38 bits per heavy atom. The number of hydrogen-bond donors (Lipinski definition) is 3. The Bertz CT molecular complexity index is 545. The minimum Gasteiger partial charge on any atom is -0.393 e. The lowest BCUT2D eigenvalue weighted by atomic mass is 9.93. The van der Waals surface area contributed by atoms with Crippen LogP contribution in [0.15, 0.2) is 29.3 Å². The van der Waals surface area contributed by atoms with Crippen molar-refractivity contribution >= 4 is 41.5 Å². The highest BCUT2D eigenvalue weighted by Gasteiger charge is 2.20. The molecule has 5 nitrogen and oxygen atoms in total. The highest BCUT2D eigenvalue weighted by Crippen LogP contribution is 2.21. The normalized spacial score (nSPS) is 21.8. The molecule has 0 spiro atoms. The summed E-state index contributed by atoms with van der Waals surface area (Å²) in [7, 11) is 4.13. The fourth-order valence-electron chi connectivity index (χ4n) is 3.16. The average Bonchev–Trinajstić information content (AvgIpc) is 2.58. The van der Waals surface area contributed by atoms with E-state index in [1.54, 1.807) is 0 Å². The minimum absolute atomic E-state index is 0. The number of halogens is 2. The number of nitrogens with one attached hydrogen (secondary N) is 2. The molecule has 2 rings (SSSR count). The molecule has 1 fully saturated rings. The van der Waals surface area contributed by atoms with Crippen molar-refractivity contribution in [3.8, 4) is 0 Å². The van der Waals surface area contributed by atoms with E-state index in [-0.39, 0.29) is 36.1 Å². The second-order valence-electron chi connectivity index (χ2n) is 6.90. The highest BCUT2D eigenvalue weighted by atomic mass is 127. The summed E-state index contributed by atoms with van der Waals surface area (Å²) in [6.07, 6.45) is 3.56. The van der Waals surface area contributed by atoms with Gasteiger partial charge in [-0.2, -0.15) is 0 Å². The molecular weight excluding hydrogens is 463 g/mol. The van der Waals surface area contributed by atoms with Gasteiger partial charge in [0.05, 0.1) is 18.7 Å². The van der Waals surface area contributed by atoms with Gasteiger partial charge in [0.15, 0.2) is 5.96 Å². The van der Waals surface area contributed by atoms with Crippen molar-refractivity contribution in [3.63, 3.8) is 0 Å². The van der Waals surface area contributed by atoms with Gasteiger partial charge in [-0.05, 0) is 64.4 Å². The van der Waals surface area contributed by atoms with Crippen LogP contribution in [-0.2, 0) is 0 Å². The quantitative estimate of drug-likeness (QED) is 0.322. The summed E-state index contributed by atoms with van der Waals surface area (Å²) in [6, 6.07) is 8.55. The van der Waals surface area contributed by atoms with Crippen molar-refractivity contribution in [2.24, 2.45) is 4.99 Å². The second-order valence-corrected chi connectivity index (χ2v) is 7.34. The van der Waals surface area contributed by atoms with Gasteiger partial charge in [-0.15, -0.1) is 24.0 Å². The van der Waals surface area contributed by atoms with Crippen LogP contribution in [0.3, 0.4) is 0 Å². The number of aliphatic imine (C=N–C) groups is 1. The van der Waals surface area contributed by atoms with Gasteiger partial charge in [0, 0.05) is 17.6 Å². The van der Waals surface area contributed by atoms with Crippen LogP contribution in [0.1, 0.15) is 44.2 Å². The van der Waals surface area contributed by atoms with Gasteiger partial charge < -0.3 is 20.6 Å². The van der Waals surface area contributed by atoms with Crippen LogP contribution in [0.4, 0.5) is 0 Å². The van der Waals surface area contributed by atoms with E-state index in [1.807, 2.05) is 12.1 Å². The molecule has 1 atom stereocenters. The number of aliphatic hydroxyl groups excluding tert-OH is 1. The SMILES string of the molecule is CCNC(=NCC(c1ccc(Cl)cc1)N(C)C)NC1CCC(O)CC1.I. The molecule has 1 aliphatic rings. The summed E-state index contributed by atoms with van der Waals surface area (Å²) in [5.41, 5.74) is 1.20. The topological polar surface area (TPSA) is 59.9 Å². The van der Waals surface area contributed by atoms with Gasteiger partial charge in [0.1, 0.15) is 0 Å². The zero-order valence-corrected chi connectivity index (χ0v) is 19.0. The van der Waals surface area contributed by atoms with E-state index in [9.17, 15) is 5.11 Å². The molecule has 0 saturated heterocycles. The number of rotatable bonds is 6. The Morgan fingerprint density at radius 2 is 1.85 bits per heavy atom. The van der Waals surface area contributed by atoms with E-state index in [1.165, 1.54) is 5.56 Å². The summed E-state index contributed by atoms with van der Waals surface area (Å²) in [4.78, 5) is 6.98. The van der Waals surface area contributed by atoms with Crippen LogP contribution < -0.4 is 10.6 Å². The Balaban J connectivity index is 0.00000338. The lowest BCUT2D eigenvalue weighted by Gasteiger charge is -2.28. The number of guanidine groups is 1. The Labute approximate surface area is 179 Å². The standard InChI is InChI=1S/C19H31ClN4O.HI/c1-4-21-19(23-16-9-11-17(25)12-10-16)22-13-18(24(2)3)14-5-7-15(20)8-6-14;/h5-8,16-18,25H,4,9-13H2,1-3H3,(H2,21,22,23);1H. The van der Waals surface area contributed by atoms with Crippen LogP contribution >= 0.6 is 35.6 Å². The monoisotopic (exact) mass is 494 g/mol. The first-order chi connectivity index (χ1) is 12.0. The molecule has 1 aromatic carbocycles. The largest absolute Gasteiger partial charge is 0.393 e. The molecular formula is C19H32ClIN4O. The number of likely N-dealkylation sites (N-methyl/N-ethyl adjacent to an activating group) is 1. The molecule has 3 N–H and O–H groups in total. The fraction of sp³-hybridized carbons (Fsp3) is 0.632. The fourth-order valence-corrected chi connectivity index (χ4v) is 3.29. The molecule has 1 aromatic rings. The van der Waals surface area contributed by atoms with Crippen molar-refractivity contribution in [1.82, 2.24) is 15.5 Å². The summed E-state index contributed by atoms with van der Waals surface area (Å²) < 4.78 is 0. The second kappa shape index (κ2) is 12.0. The molecule has 1 saturated carbocycles. The maximum atomic E-state index is 9.66. The maximum absolute atomic E-state index is 9.66. The van der Waals surface area contributed by atoms with Crippen molar-refractivity contribution < 1.29 is 5.11 Å². The van der Waals surface area contributed by atoms with Gasteiger partial charge >= 0.3 is 0 Å². The van der Waals surface area contributed by atoms with Crippen LogP contribution in [-0.4, -0.2) is 55.3 Å². The lowest BCUT2D eigenvalue weighted by Crippen LogP contribution is -2.45. The first-order valence-corrected chi connectivity index (χ1v) is 9.52. The van der Waals surface area contributed by atoms with Crippen molar-refractivity contribution in [1.29, 1.82) is 0 Å². The van der Waals surface area contributed by atoms with E-state index < -0.39 is 0 Å². The molecule has 0 bridgehead atoms. The lowest BCUT2D eigenvalue weighted by molar-refractivity contribution is 0.120. The van der Waals surface area contributed by atoms with E-state index in [0.717, 1.165) is 43.2 Å². The van der Waals surface area contributed by atoms with E-state index >= 15 is 0 Å². The molecule has 1 unspecified atom stereocenters. The Morgan fingerprint density at radius 1 is 1.23 bits per heavy atom. The third-order valence-electron chi connectivity index (χ3n) is 4.68. The predicted octanol–water partition coefficient (Wildman–Crippen LogP) is 3.42. The van der Waals surface area contributed by atoms with Crippen molar-refractivity contribution in [3.05, 3.63) is 34.9 Å². The molecule has 0 aliphatic heterocycles. The van der Waals surface area contributed by atoms with E-state index in [2.05, 4.69) is 48.7 Å². The Kier molecular flexibility index (Phi) is 10.8. The van der Waals surface area contributed by atoms with Crippen LogP contribution in [0.5, 0.6) is 0 Å². The van der Waals surface area contributed by atoms with E-state index in [0.29, 0.717) is 12.6 Å². The molecule has 26 heavy (non-hydrogen) atoms. The minimum atomic E-state index is -0.138. The number of aliphatic hydroxyl groups is 1. The third kappa shape index (κ3) is 7.58. The molecule has 148 valence electrons. The smallest absolute Gasteiger partial charge is 0.191 e. The summed E-state index contributed by atoms with van der Waals surface area (Å²) in [5.74, 6) is 0.852. The van der Waals surface area contributed by atoms with Gasteiger partial charge in [-0.25, -0.2) is 0 Å². The van der Waals surface area contributed by atoms with Crippen LogP contribution in [0.25, 0.3) is 0 Å². The van der Waals surface area contributed by atoms with Gasteiger partial charge in [-0.1, -0.05) is 23.7 Å². The summed E-state index contributed by atoms with van der Waals surface area (Å²) in [6.45, 7) is 3.57. The first-order valence-electron chi connectivity index (χ1n) is 9.14. The molecule has 7 heteroatoms. The average molecular weight is 495 g/mol. The molecule has 0 heterocycles. The first kappa shape index (κ1) is 23.5. The van der Waals surface area contributed by atoms with Gasteiger partial charge in [0.25, 0.3) is 0 Å². The number of hydrogen-bond acceptors (Lipinski definition) is 3. The molecule has 0 aromatic heterocycles. The van der Waals surface area contributed by atoms with Crippen molar-refractivity contribution in [2.45, 2.75) is 50.8 Å². The number of benzene rings is 1. The third-order valence-corrected chi connectivity index (χ3v) is 4.93. The van der Waals surface area contributed by atoms with Crippen molar-refractivity contribution in [2.75, 3.05) is 27.2 Å². The number of nitrogens with zero attached hydrogens (tertiary/aromatic N) is 2. The molecule has 0 radical (unpaired) electrons. The zero-order valence-electron chi connectivity index (χ0n) is 15.9. The predicted molar refractivity (Wildman–Crippen MR) is 121 cm³/mol. The van der Waals surface area contributed by atoms with Crippen LogP contribution in [0.2, 0.25) is 5.02 Å². The van der Waals surface area contributed by atoms with Crippen LogP contribution in [0, 0.1) is 0 Å². The Hall–Kier alpha value is -0.570. The maximum Gasteiger partial charge on any atom is 0.191 e. The highest BCUT2D eigenvalue weighted by molar-refractivity contribution is 14.0. The van der Waals surface area contributed by atoms with Gasteiger partial charge in [-0.3, -0.25) is 4.99 Å².